The fraction of sp³-hybridized carbons (Fsp3) is 0.278. The van der Waals surface area contributed by atoms with Gasteiger partial charge in [-0.2, -0.15) is 4.31 Å². The van der Waals surface area contributed by atoms with Gasteiger partial charge in [-0.15, -0.1) is 0 Å². The topological polar surface area (TPSA) is 66.5 Å². The molecule has 0 radical (unpaired) electrons. The number of sulfonamides is 1. The smallest absolute Gasteiger partial charge is 0.255 e. The molecule has 1 saturated heterocycles. The molecule has 1 aliphatic rings. The summed E-state index contributed by atoms with van der Waals surface area (Å²) < 4.78 is 27.0. The number of carbonyl (C=O) groups is 1. The van der Waals surface area contributed by atoms with Crippen molar-refractivity contribution in [3.8, 4) is 0 Å². The van der Waals surface area contributed by atoms with E-state index in [0.29, 0.717) is 23.8 Å². The molecule has 8 heteroatoms. The van der Waals surface area contributed by atoms with Gasteiger partial charge in [0.25, 0.3) is 5.91 Å². The maximum absolute atomic E-state index is 12.8. The Balaban J connectivity index is 1.92. The van der Waals surface area contributed by atoms with Crippen LogP contribution < -0.4 is 5.32 Å². The van der Waals surface area contributed by atoms with Crippen LogP contribution in [0.5, 0.6) is 0 Å². The van der Waals surface area contributed by atoms with E-state index in [9.17, 15) is 13.2 Å². The van der Waals surface area contributed by atoms with E-state index >= 15 is 0 Å². The first-order valence-electron chi connectivity index (χ1n) is 8.17. The lowest BCUT2D eigenvalue weighted by atomic mass is 10.1. The van der Waals surface area contributed by atoms with Crippen LogP contribution in [0.2, 0.25) is 10.0 Å². The maximum Gasteiger partial charge on any atom is 0.255 e. The Bertz CT molecular complexity index is 955. The Morgan fingerprint density at radius 3 is 2.46 bits per heavy atom. The fourth-order valence-electron chi connectivity index (χ4n) is 2.85. The summed E-state index contributed by atoms with van der Waals surface area (Å²) in [4.78, 5) is 12.5. The predicted octanol–water partition coefficient (Wildman–Crippen LogP) is 4.34. The molecule has 5 nitrogen and oxygen atoms in total. The Morgan fingerprint density at radius 2 is 1.77 bits per heavy atom. The van der Waals surface area contributed by atoms with E-state index in [-0.39, 0.29) is 15.5 Å². The van der Waals surface area contributed by atoms with E-state index in [2.05, 4.69) is 5.32 Å². The second-order valence-corrected chi connectivity index (χ2v) is 8.84. The fourth-order valence-corrected chi connectivity index (χ4v) is 5.04. The molecule has 0 saturated carbocycles. The van der Waals surface area contributed by atoms with Crippen LogP contribution in [-0.4, -0.2) is 31.7 Å². The molecule has 26 heavy (non-hydrogen) atoms. The highest BCUT2D eigenvalue weighted by Gasteiger charge is 2.29. The van der Waals surface area contributed by atoms with Crippen molar-refractivity contribution in [1.29, 1.82) is 0 Å². The van der Waals surface area contributed by atoms with Gasteiger partial charge in [-0.25, -0.2) is 8.42 Å². The molecule has 0 atom stereocenters. The third-order valence-corrected chi connectivity index (χ3v) is 7.18. The molecule has 3 rings (SSSR count). The quantitative estimate of drug-likeness (QED) is 0.811. The van der Waals surface area contributed by atoms with Gasteiger partial charge in [0.15, 0.2) is 0 Å². The standard InChI is InChI=1S/C18H18Cl2N2O3S/c1-12-14(19)5-4-6-16(12)21-18(23)13-7-8-15(20)17(11-13)26(24,25)22-9-2-3-10-22/h4-8,11H,2-3,9-10H2,1H3,(H,21,23). The molecule has 1 N–H and O–H groups in total. The first-order valence-corrected chi connectivity index (χ1v) is 10.4. The monoisotopic (exact) mass is 412 g/mol. The summed E-state index contributed by atoms with van der Waals surface area (Å²) >= 11 is 12.2. The lowest BCUT2D eigenvalue weighted by Crippen LogP contribution is -2.28. The summed E-state index contributed by atoms with van der Waals surface area (Å²) in [5.41, 5.74) is 1.52. The minimum absolute atomic E-state index is 0.0449. The third-order valence-electron chi connectivity index (χ3n) is 4.39. The zero-order valence-electron chi connectivity index (χ0n) is 14.1. The largest absolute Gasteiger partial charge is 0.322 e. The summed E-state index contributed by atoms with van der Waals surface area (Å²) in [6.07, 6.45) is 1.65. The van der Waals surface area contributed by atoms with Crippen molar-refractivity contribution in [3.05, 3.63) is 57.6 Å². The van der Waals surface area contributed by atoms with E-state index in [1.54, 1.807) is 25.1 Å². The molecule has 0 unspecified atom stereocenters. The number of anilines is 1. The van der Waals surface area contributed by atoms with Crippen LogP contribution in [-0.2, 0) is 10.0 Å². The normalized spacial score (nSPS) is 15.2. The first kappa shape index (κ1) is 19.2. The summed E-state index contributed by atoms with van der Waals surface area (Å²) in [6, 6.07) is 9.46. The summed E-state index contributed by atoms with van der Waals surface area (Å²) in [6.45, 7) is 2.73. The van der Waals surface area contributed by atoms with E-state index in [4.69, 9.17) is 23.2 Å². The van der Waals surface area contributed by atoms with Gasteiger partial charge in [-0.1, -0.05) is 29.3 Å². The number of hydrogen-bond acceptors (Lipinski definition) is 3. The van der Waals surface area contributed by atoms with Crippen molar-refractivity contribution < 1.29 is 13.2 Å². The number of nitrogens with one attached hydrogen (secondary N) is 1. The van der Waals surface area contributed by atoms with Crippen LogP contribution in [0.4, 0.5) is 5.69 Å². The Hall–Kier alpha value is -1.60. The van der Waals surface area contributed by atoms with Gasteiger partial charge < -0.3 is 5.32 Å². The molecule has 0 aliphatic carbocycles. The van der Waals surface area contributed by atoms with Crippen molar-refractivity contribution in [2.45, 2.75) is 24.7 Å². The van der Waals surface area contributed by atoms with Crippen molar-refractivity contribution in [1.82, 2.24) is 4.31 Å². The molecular formula is C18H18Cl2N2O3S. The van der Waals surface area contributed by atoms with Crippen LogP contribution in [0.1, 0.15) is 28.8 Å². The molecule has 0 spiro atoms. The predicted molar refractivity (Wildman–Crippen MR) is 104 cm³/mol. The minimum atomic E-state index is -3.71. The van der Waals surface area contributed by atoms with E-state index in [1.807, 2.05) is 0 Å². The van der Waals surface area contributed by atoms with Gasteiger partial charge in [0, 0.05) is 29.4 Å². The Morgan fingerprint density at radius 1 is 1.08 bits per heavy atom. The number of hydrogen-bond donors (Lipinski definition) is 1. The lowest BCUT2D eigenvalue weighted by molar-refractivity contribution is 0.102. The number of carbonyl (C=O) groups excluding carboxylic acids is 1. The number of nitrogens with zero attached hydrogens (tertiary/aromatic N) is 1. The molecule has 2 aromatic carbocycles. The SMILES string of the molecule is Cc1c(Cl)cccc1NC(=O)c1ccc(Cl)c(S(=O)(=O)N2CCCC2)c1. The highest BCUT2D eigenvalue weighted by Crippen LogP contribution is 2.29. The molecular weight excluding hydrogens is 395 g/mol. The van der Waals surface area contributed by atoms with Crippen LogP contribution in [0, 0.1) is 6.92 Å². The molecule has 1 fully saturated rings. The van der Waals surface area contributed by atoms with Crippen molar-refractivity contribution in [2.75, 3.05) is 18.4 Å². The van der Waals surface area contributed by atoms with Gasteiger partial charge in [0.05, 0.1) is 5.02 Å². The maximum atomic E-state index is 12.8. The molecule has 1 amide bonds. The van der Waals surface area contributed by atoms with Crippen molar-refractivity contribution in [2.24, 2.45) is 0 Å². The van der Waals surface area contributed by atoms with Crippen LogP contribution in [0.25, 0.3) is 0 Å². The number of rotatable bonds is 4. The summed E-state index contributed by atoms with van der Waals surface area (Å²) in [5, 5.41) is 3.40. The third kappa shape index (κ3) is 3.74. The Labute approximate surface area is 163 Å². The minimum Gasteiger partial charge on any atom is -0.322 e. The molecule has 138 valence electrons. The zero-order chi connectivity index (χ0) is 18.9. The molecule has 1 aliphatic heterocycles. The lowest BCUT2D eigenvalue weighted by Gasteiger charge is -2.17. The summed E-state index contributed by atoms with van der Waals surface area (Å²) in [7, 11) is -3.71. The summed E-state index contributed by atoms with van der Waals surface area (Å²) in [5.74, 6) is -0.426. The van der Waals surface area contributed by atoms with Crippen LogP contribution >= 0.6 is 23.2 Å². The van der Waals surface area contributed by atoms with Gasteiger partial charge >= 0.3 is 0 Å². The van der Waals surface area contributed by atoms with E-state index in [1.165, 1.54) is 22.5 Å². The van der Waals surface area contributed by atoms with Gasteiger partial charge in [0.2, 0.25) is 10.0 Å². The highest BCUT2D eigenvalue weighted by molar-refractivity contribution is 7.89. The highest BCUT2D eigenvalue weighted by atomic mass is 35.5. The average Bonchev–Trinajstić information content (AvgIpc) is 3.14. The average molecular weight is 413 g/mol. The number of halogens is 2. The first-order chi connectivity index (χ1) is 12.3. The van der Waals surface area contributed by atoms with E-state index < -0.39 is 15.9 Å². The molecule has 1 heterocycles. The van der Waals surface area contributed by atoms with E-state index in [0.717, 1.165) is 18.4 Å². The second-order valence-electron chi connectivity index (χ2n) is 6.12. The van der Waals surface area contributed by atoms with Crippen molar-refractivity contribution >= 4 is 44.8 Å². The van der Waals surface area contributed by atoms with Crippen molar-refractivity contribution in [3.63, 3.8) is 0 Å². The number of benzene rings is 2. The Kier molecular flexibility index (Phi) is 5.58. The van der Waals surface area contributed by atoms with Crippen LogP contribution in [0.15, 0.2) is 41.3 Å². The molecule has 0 aromatic heterocycles. The van der Waals surface area contributed by atoms with Gasteiger partial charge in [-0.05, 0) is 55.7 Å². The number of amides is 1. The van der Waals surface area contributed by atoms with Gasteiger partial charge in [-0.3, -0.25) is 4.79 Å². The molecule has 2 aromatic rings. The second kappa shape index (κ2) is 7.56. The van der Waals surface area contributed by atoms with Crippen LogP contribution in [0.3, 0.4) is 0 Å². The van der Waals surface area contributed by atoms with Gasteiger partial charge in [0.1, 0.15) is 4.90 Å². The zero-order valence-corrected chi connectivity index (χ0v) is 16.5. The molecule has 0 bridgehead atoms.